The highest BCUT2D eigenvalue weighted by Gasteiger charge is 2.11. The van der Waals surface area contributed by atoms with Gasteiger partial charge in [0, 0.05) is 0 Å². The van der Waals surface area contributed by atoms with Gasteiger partial charge in [-0.25, -0.2) is 5.43 Å². The number of hydrazone groups is 1. The van der Waals surface area contributed by atoms with Crippen molar-refractivity contribution in [3.8, 4) is 11.5 Å². The number of carbonyl (C=O) groups excluding carboxylic acids is 1. The van der Waals surface area contributed by atoms with Gasteiger partial charge in [-0.15, -0.1) is 0 Å². The minimum atomic E-state index is -0.315. The van der Waals surface area contributed by atoms with Crippen molar-refractivity contribution >= 4 is 12.1 Å². The summed E-state index contributed by atoms with van der Waals surface area (Å²) >= 11 is 0. The Hall–Kier alpha value is -2.82. The number of methoxy groups -OCH3 is 1. The van der Waals surface area contributed by atoms with Gasteiger partial charge in [0.05, 0.1) is 25.5 Å². The molecule has 0 heterocycles. The second kappa shape index (κ2) is 8.87. The molecule has 2 aromatic carbocycles. The molecule has 0 atom stereocenters. The molecule has 0 unspecified atom stereocenters. The van der Waals surface area contributed by atoms with Crippen molar-refractivity contribution in [3.05, 3.63) is 59.2 Å². The van der Waals surface area contributed by atoms with Gasteiger partial charge in [0.25, 0.3) is 5.91 Å². The predicted molar refractivity (Wildman–Crippen MR) is 99.6 cm³/mol. The number of aryl methyl sites for hydroxylation is 1. The van der Waals surface area contributed by atoms with E-state index in [1.807, 2.05) is 43.3 Å². The minimum absolute atomic E-state index is 0.315. The monoisotopic (exact) mass is 340 g/mol. The summed E-state index contributed by atoms with van der Waals surface area (Å²) in [5.74, 6) is 1.51. The molecule has 2 aromatic rings. The Morgan fingerprint density at radius 1 is 1.20 bits per heavy atom. The smallest absolute Gasteiger partial charge is 0.275 e. The first-order chi connectivity index (χ1) is 12.0. The number of amides is 1. The minimum Gasteiger partial charge on any atom is -0.496 e. The van der Waals surface area contributed by atoms with Crippen LogP contribution in [0.15, 0.2) is 47.6 Å². The molecule has 0 aromatic heterocycles. The third kappa shape index (κ3) is 5.64. The molecular weight excluding hydrogens is 316 g/mol. The van der Waals surface area contributed by atoms with Gasteiger partial charge in [0.2, 0.25) is 0 Å². The van der Waals surface area contributed by atoms with Crippen LogP contribution < -0.4 is 14.9 Å². The zero-order chi connectivity index (χ0) is 18.2. The molecule has 0 aliphatic rings. The third-order valence-corrected chi connectivity index (χ3v) is 3.44. The van der Waals surface area contributed by atoms with E-state index in [9.17, 15) is 4.79 Å². The van der Waals surface area contributed by atoms with Crippen molar-refractivity contribution in [2.24, 2.45) is 11.0 Å². The number of hydrogen-bond acceptors (Lipinski definition) is 4. The molecule has 25 heavy (non-hydrogen) atoms. The SMILES string of the molecule is COc1cc(C)ccc1C(=O)N/N=C\c1ccc(OCC(C)C)cc1. The zero-order valence-electron chi connectivity index (χ0n) is 15.1. The average Bonchev–Trinajstić information content (AvgIpc) is 2.60. The molecule has 1 amide bonds. The van der Waals surface area contributed by atoms with Crippen molar-refractivity contribution in [3.63, 3.8) is 0 Å². The molecular formula is C20H24N2O3. The summed E-state index contributed by atoms with van der Waals surface area (Å²) in [4.78, 5) is 12.2. The molecule has 0 aliphatic heterocycles. The fourth-order valence-corrected chi connectivity index (χ4v) is 2.12. The van der Waals surface area contributed by atoms with Crippen LogP contribution in [0.3, 0.4) is 0 Å². The van der Waals surface area contributed by atoms with Gasteiger partial charge < -0.3 is 9.47 Å². The van der Waals surface area contributed by atoms with Crippen molar-refractivity contribution in [2.75, 3.05) is 13.7 Å². The van der Waals surface area contributed by atoms with Crippen LogP contribution in [-0.2, 0) is 0 Å². The molecule has 0 radical (unpaired) electrons. The van der Waals surface area contributed by atoms with Crippen LogP contribution in [0.5, 0.6) is 11.5 Å². The van der Waals surface area contributed by atoms with Gasteiger partial charge in [-0.1, -0.05) is 19.9 Å². The summed E-state index contributed by atoms with van der Waals surface area (Å²) in [5, 5.41) is 4.00. The standard InChI is InChI=1S/C20H24N2O3/c1-14(2)13-25-17-8-6-16(7-9-17)12-21-22-20(23)18-10-5-15(3)11-19(18)24-4/h5-12,14H,13H2,1-4H3,(H,22,23)/b21-12-. The van der Waals surface area contributed by atoms with Crippen LogP contribution in [0.25, 0.3) is 0 Å². The van der Waals surface area contributed by atoms with Crippen LogP contribution in [-0.4, -0.2) is 25.8 Å². The van der Waals surface area contributed by atoms with E-state index in [4.69, 9.17) is 9.47 Å². The summed E-state index contributed by atoms with van der Waals surface area (Å²) in [6.45, 7) is 6.83. The lowest BCUT2D eigenvalue weighted by atomic mass is 10.1. The molecule has 0 saturated carbocycles. The molecule has 5 heteroatoms. The van der Waals surface area contributed by atoms with Gasteiger partial charge in [0.15, 0.2) is 0 Å². The summed E-state index contributed by atoms with van der Waals surface area (Å²) in [6, 6.07) is 12.9. The average molecular weight is 340 g/mol. The van der Waals surface area contributed by atoms with Gasteiger partial charge in [0.1, 0.15) is 11.5 Å². The summed E-state index contributed by atoms with van der Waals surface area (Å²) in [6.07, 6.45) is 1.59. The number of nitrogens with zero attached hydrogens (tertiary/aromatic N) is 1. The van der Waals surface area contributed by atoms with Crippen LogP contribution >= 0.6 is 0 Å². The third-order valence-electron chi connectivity index (χ3n) is 3.44. The fraction of sp³-hybridized carbons (Fsp3) is 0.300. The number of carbonyl (C=O) groups is 1. The summed E-state index contributed by atoms with van der Waals surface area (Å²) in [5.41, 5.74) is 4.86. The number of benzene rings is 2. The van der Waals surface area contributed by atoms with E-state index in [2.05, 4.69) is 24.4 Å². The summed E-state index contributed by atoms with van der Waals surface area (Å²) < 4.78 is 10.9. The molecule has 0 spiro atoms. The second-order valence-corrected chi connectivity index (χ2v) is 6.18. The lowest BCUT2D eigenvalue weighted by molar-refractivity contribution is 0.0952. The first-order valence-electron chi connectivity index (χ1n) is 8.20. The lowest BCUT2D eigenvalue weighted by Gasteiger charge is -2.08. The van der Waals surface area contributed by atoms with Crippen molar-refractivity contribution in [1.82, 2.24) is 5.43 Å². The van der Waals surface area contributed by atoms with Crippen LogP contribution in [0.2, 0.25) is 0 Å². The number of hydrogen-bond donors (Lipinski definition) is 1. The lowest BCUT2D eigenvalue weighted by Crippen LogP contribution is -2.18. The molecule has 0 bridgehead atoms. The Morgan fingerprint density at radius 2 is 1.92 bits per heavy atom. The maximum Gasteiger partial charge on any atom is 0.275 e. The maximum atomic E-state index is 12.2. The van der Waals surface area contributed by atoms with E-state index in [0.717, 1.165) is 16.9 Å². The molecule has 2 rings (SSSR count). The predicted octanol–water partition coefficient (Wildman–Crippen LogP) is 3.80. The second-order valence-electron chi connectivity index (χ2n) is 6.18. The van der Waals surface area contributed by atoms with E-state index in [1.54, 1.807) is 12.3 Å². The fourth-order valence-electron chi connectivity index (χ4n) is 2.12. The quantitative estimate of drug-likeness (QED) is 0.616. The van der Waals surface area contributed by atoms with E-state index in [1.165, 1.54) is 7.11 Å². The molecule has 5 nitrogen and oxygen atoms in total. The first-order valence-corrected chi connectivity index (χ1v) is 8.20. The Labute approximate surface area is 148 Å². The molecule has 0 saturated heterocycles. The normalized spacial score (nSPS) is 10.9. The van der Waals surface area contributed by atoms with Crippen LogP contribution in [0.1, 0.15) is 35.3 Å². The highest BCUT2D eigenvalue weighted by atomic mass is 16.5. The van der Waals surface area contributed by atoms with Gasteiger partial charge in [-0.3, -0.25) is 4.79 Å². The summed E-state index contributed by atoms with van der Waals surface area (Å²) in [7, 11) is 1.54. The van der Waals surface area contributed by atoms with E-state index >= 15 is 0 Å². The Bertz CT molecular complexity index is 737. The highest BCUT2D eigenvalue weighted by molar-refractivity contribution is 5.97. The first kappa shape index (κ1) is 18.5. The Kier molecular flexibility index (Phi) is 6.57. The molecule has 132 valence electrons. The maximum absolute atomic E-state index is 12.2. The van der Waals surface area contributed by atoms with E-state index in [-0.39, 0.29) is 5.91 Å². The van der Waals surface area contributed by atoms with E-state index < -0.39 is 0 Å². The molecule has 1 N–H and O–H groups in total. The number of ether oxygens (including phenoxy) is 2. The molecule has 0 aliphatic carbocycles. The Balaban J connectivity index is 1.95. The Morgan fingerprint density at radius 3 is 2.56 bits per heavy atom. The highest BCUT2D eigenvalue weighted by Crippen LogP contribution is 2.19. The van der Waals surface area contributed by atoms with Gasteiger partial charge in [-0.05, 0) is 60.4 Å². The zero-order valence-corrected chi connectivity index (χ0v) is 15.1. The topological polar surface area (TPSA) is 59.9 Å². The largest absolute Gasteiger partial charge is 0.496 e. The van der Waals surface area contributed by atoms with Crippen molar-refractivity contribution in [1.29, 1.82) is 0 Å². The number of rotatable bonds is 7. The van der Waals surface area contributed by atoms with Crippen molar-refractivity contribution < 1.29 is 14.3 Å². The van der Waals surface area contributed by atoms with Gasteiger partial charge in [-0.2, -0.15) is 5.10 Å². The molecule has 0 fully saturated rings. The van der Waals surface area contributed by atoms with Gasteiger partial charge >= 0.3 is 0 Å². The van der Waals surface area contributed by atoms with Crippen molar-refractivity contribution in [2.45, 2.75) is 20.8 Å². The van der Waals surface area contributed by atoms with Crippen LogP contribution in [0, 0.1) is 12.8 Å². The van der Waals surface area contributed by atoms with Crippen LogP contribution in [0.4, 0.5) is 0 Å². The van der Waals surface area contributed by atoms with E-state index in [0.29, 0.717) is 23.8 Å². The number of nitrogens with one attached hydrogen (secondary N) is 1.